The molecule has 5 nitrogen and oxygen atoms in total. The fraction of sp³-hybridized carbons (Fsp3) is 0.300. The lowest BCUT2D eigenvalue weighted by Gasteiger charge is -2.13. The number of guanidine groups is 1. The van der Waals surface area contributed by atoms with Crippen LogP contribution in [0.2, 0.25) is 5.02 Å². The Labute approximate surface area is 158 Å². The number of hydrogen-bond donors (Lipinski definition) is 2. The Morgan fingerprint density at radius 1 is 1.19 bits per heavy atom. The van der Waals surface area contributed by atoms with Gasteiger partial charge in [-0.05, 0) is 56.2 Å². The lowest BCUT2D eigenvalue weighted by Crippen LogP contribution is -2.36. The van der Waals surface area contributed by atoms with Gasteiger partial charge in [0.05, 0.1) is 12.6 Å². The lowest BCUT2D eigenvalue weighted by atomic mass is 10.2. The van der Waals surface area contributed by atoms with Gasteiger partial charge in [-0.3, -0.25) is 10.1 Å². The van der Waals surface area contributed by atoms with Crippen LogP contribution in [0.4, 0.5) is 5.69 Å². The Bertz CT molecular complexity index is 767. The van der Waals surface area contributed by atoms with Crippen molar-refractivity contribution in [1.29, 1.82) is 0 Å². The van der Waals surface area contributed by atoms with Gasteiger partial charge in [-0.1, -0.05) is 29.3 Å². The first kappa shape index (κ1) is 18.4. The van der Waals surface area contributed by atoms with Crippen molar-refractivity contribution >= 4 is 29.2 Å². The summed E-state index contributed by atoms with van der Waals surface area (Å²) in [4.78, 5) is 17.0. The summed E-state index contributed by atoms with van der Waals surface area (Å²) in [5.41, 5.74) is 2.54. The quantitative estimate of drug-likeness (QED) is 0.630. The largest absolute Gasteiger partial charge is 0.376 e. The monoisotopic (exact) mass is 371 g/mol. The van der Waals surface area contributed by atoms with Crippen LogP contribution in [0.5, 0.6) is 0 Å². The van der Waals surface area contributed by atoms with Gasteiger partial charge < -0.3 is 10.1 Å². The predicted octanol–water partition coefficient (Wildman–Crippen LogP) is 4.03. The number of carbonyl (C=O) groups is 1. The molecule has 1 aliphatic heterocycles. The maximum atomic E-state index is 12.5. The third-order valence-electron chi connectivity index (χ3n) is 4.13. The summed E-state index contributed by atoms with van der Waals surface area (Å²) in [6.07, 6.45) is 2.15. The van der Waals surface area contributed by atoms with E-state index in [1.165, 1.54) is 5.56 Å². The molecule has 2 aromatic carbocycles. The minimum absolute atomic E-state index is 0.109. The molecule has 0 aromatic heterocycles. The van der Waals surface area contributed by atoms with Crippen molar-refractivity contribution in [3.05, 3.63) is 64.7 Å². The highest BCUT2D eigenvalue weighted by Gasteiger charge is 2.16. The number of benzene rings is 2. The fourth-order valence-electron chi connectivity index (χ4n) is 2.65. The first-order chi connectivity index (χ1) is 12.6. The molecule has 1 saturated heterocycles. The first-order valence-electron chi connectivity index (χ1n) is 8.67. The van der Waals surface area contributed by atoms with Crippen LogP contribution in [0.15, 0.2) is 53.5 Å². The molecule has 3 rings (SSSR count). The Morgan fingerprint density at radius 2 is 1.92 bits per heavy atom. The van der Waals surface area contributed by atoms with Gasteiger partial charge >= 0.3 is 0 Å². The van der Waals surface area contributed by atoms with E-state index in [4.69, 9.17) is 16.3 Å². The SMILES string of the molecule is Cc1ccc(NC(=NCC2CCCO2)NC(=O)c2ccc(Cl)cc2)cc1. The molecule has 0 spiro atoms. The molecule has 1 atom stereocenters. The molecule has 1 unspecified atom stereocenters. The second-order valence-corrected chi connectivity index (χ2v) is 6.71. The van der Waals surface area contributed by atoms with Gasteiger partial charge in [-0.15, -0.1) is 0 Å². The second-order valence-electron chi connectivity index (χ2n) is 6.28. The van der Waals surface area contributed by atoms with Crippen LogP contribution in [0.25, 0.3) is 0 Å². The van der Waals surface area contributed by atoms with Crippen molar-refractivity contribution in [2.45, 2.75) is 25.9 Å². The van der Waals surface area contributed by atoms with E-state index < -0.39 is 0 Å². The highest BCUT2D eigenvalue weighted by atomic mass is 35.5. The molecule has 26 heavy (non-hydrogen) atoms. The molecule has 136 valence electrons. The third-order valence-corrected chi connectivity index (χ3v) is 4.38. The number of amides is 1. The third kappa shape index (κ3) is 5.31. The smallest absolute Gasteiger partial charge is 0.257 e. The van der Waals surface area contributed by atoms with Gasteiger partial charge in [0, 0.05) is 22.9 Å². The van der Waals surface area contributed by atoms with Crippen molar-refractivity contribution in [3.8, 4) is 0 Å². The summed E-state index contributed by atoms with van der Waals surface area (Å²) in [7, 11) is 0. The molecule has 1 fully saturated rings. The Hall–Kier alpha value is -2.37. The van der Waals surface area contributed by atoms with Gasteiger partial charge in [-0.25, -0.2) is 4.99 Å². The van der Waals surface area contributed by atoms with Gasteiger partial charge in [0.25, 0.3) is 5.91 Å². The van der Waals surface area contributed by atoms with Crippen molar-refractivity contribution in [2.24, 2.45) is 4.99 Å². The maximum absolute atomic E-state index is 12.5. The molecular weight excluding hydrogens is 350 g/mol. The summed E-state index contributed by atoms with van der Waals surface area (Å²) in [5, 5.41) is 6.61. The van der Waals surface area contributed by atoms with E-state index in [0.29, 0.717) is 23.1 Å². The summed E-state index contributed by atoms with van der Waals surface area (Å²) in [5.74, 6) is 0.164. The van der Waals surface area contributed by atoms with E-state index in [2.05, 4.69) is 15.6 Å². The fourth-order valence-corrected chi connectivity index (χ4v) is 2.77. The molecule has 1 heterocycles. The molecule has 2 aromatic rings. The minimum atomic E-state index is -0.243. The average molecular weight is 372 g/mol. The molecule has 6 heteroatoms. The predicted molar refractivity (Wildman–Crippen MR) is 105 cm³/mol. The van der Waals surface area contributed by atoms with Crippen LogP contribution >= 0.6 is 11.6 Å². The number of anilines is 1. The molecular formula is C20H22ClN3O2. The number of ether oxygens (including phenoxy) is 1. The molecule has 2 N–H and O–H groups in total. The number of hydrogen-bond acceptors (Lipinski definition) is 3. The van der Waals surface area contributed by atoms with Gasteiger partial charge in [0.1, 0.15) is 0 Å². The van der Waals surface area contributed by atoms with E-state index in [0.717, 1.165) is 25.1 Å². The van der Waals surface area contributed by atoms with Crippen molar-refractivity contribution in [3.63, 3.8) is 0 Å². The number of halogens is 1. The standard InChI is InChI=1S/C20H22ClN3O2/c1-14-4-10-17(11-5-14)23-20(22-13-18-3-2-12-26-18)24-19(25)15-6-8-16(21)9-7-15/h4-11,18H,2-3,12-13H2,1H3,(H2,22,23,24,25). The molecule has 0 bridgehead atoms. The molecule has 0 aliphatic carbocycles. The minimum Gasteiger partial charge on any atom is -0.376 e. The summed E-state index contributed by atoms with van der Waals surface area (Å²) in [6.45, 7) is 3.31. The number of aliphatic imine (C=N–C) groups is 1. The zero-order valence-electron chi connectivity index (χ0n) is 14.7. The number of nitrogens with one attached hydrogen (secondary N) is 2. The van der Waals surface area contributed by atoms with Gasteiger partial charge in [0.2, 0.25) is 5.96 Å². The van der Waals surface area contributed by atoms with Crippen LogP contribution in [-0.2, 0) is 4.74 Å². The highest BCUT2D eigenvalue weighted by molar-refractivity contribution is 6.30. The van der Waals surface area contributed by atoms with Crippen molar-refractivity contribution in [2.75, 3.05) is 18.5 Å². The van der Waals surface area contributed by atoms with Crippen LogP contribution in [0.1, 0.15) is 28.8 Å². The Balaban J connectivity index is 1.72. The molecule has 1 aliphatic rings. The van der Waals surface area contributed by atoms with E-state index >= 15 is 0 Å². The van der Waals surface area contributed by atoms with E-state index in [9.17, 15) is 4.79 Å². The lowest BCUT2D eigenvalue weighted by molar-refractivity contribution is 0.0975. The zero-order chi connectivity index (χ0) is 18.4. The summed E-state index contributed by atoms with van der Waals surface area (Å²) in [6, 6.07) is 14.6. The van der Waals surface area contributed by atoms with Gasteiger partial charge in [0.15, 0.2) is 0 Å². The summed E-state index contributed by atoms with van der Waals surface area (Å²) >= 11 is 5.88. The number of rotatable bonds is 4. The number of aryl methyl sites for hydroxylation is 1. The number of carbonyl (C=O) groups excluding carboxylic acids is 1. The van der Waals surface area contributed by atoms with Crippen LogP contribution in [-0.4, -0.2) is 31.1 Å². The first-order valence-corrected chi connectivity index (χ1v) is 9.04. The topological polar surface area (TPSA) is 62.7 Å². The highest BCUT2D eigenvalue weighted by Crippen LogP contribution is 2.13. The normalized spacial score (nSPS) is 17.2. The second kappa shape index (κ2) is 8.83. The van der Waals surface area contributed by atoms with Crippen molar-refractivity contribution in [1.82, 2.24) is 5.32 Å². The number of nitrogens with zero attached hydrogens (tertiary/aromatic N) is 1. The van der Waals surface area contributed by atoms with Crippen LogP contribution < -0.4 is 10.6 Å². The molecule has 0 radical (unpaired) electrons. The molecule has 1 amide bonds. The van der Waals surface area contributed by atoms with Crippen LogP contribution in [0, 0.1) is 6.92 Å². The maximum Gasteiger partial charge on any atom is 0.257 e. The Morgan fingerprint density at radius 3 is 2.58 bits per heavy atom. The average Bonchev–Trinajstić information content (AvgIpc) is 3.15. The van der Waals surface area contributed by atoms with Crippen molar-refractivity contribution < 1.29 is 9.53 Å². The Kier molecular flexibility index (Phi) is 6.26. The van der Waals surface area contributed by atoms with E-state index in [1.807, 2.05) is 31.2 Å². The zero-order valence-corrected chi connectivity index (χ0v) is 15.4. The summed E-state index contributed by atoms with van der Waals surface area (Å²) < 4.78 is 5.61. The van der Waals surface area contributed by atoms with E-state index in [1.54, 1.807) is 24.3 Å². The molecule has 0 saturated carbocycles. The van der Waals surface area contributed by atoms with E-state index in [-0.39, 0.29) is 12.0 Å². The van der Waals surface area contributed by atoms with Gasteiger partial charge in [-0.2, -0.15) is 0 Å². The van der Waals surface area contributed by atoms with Crippen LogP contribution in [0.3, 0.4) is 0 Å².